The van der Waals surface area contributed by atoms with E-state index in [-0.39, 0.29) is 40.7 Å². The SMILES string of the molecule is O=Cc1ccc(S(=O)(=O)O)cc1C=O.[NaH]. The standard InChI is InChI=1S/C8H6O5S.Na.H/c9-4-6-1-2-8(14(11,12)13)3-7(6)5-10;;/h1-5H,(H,11,12,13);;. The van der Waals surface area contributed by atoms with Gasteiger partial charge < -0.3 is 0 Å². The number of benzene rings is 1. The molecule has 0 bridgehead atoms. The number of carbonyl (C=O) groups is 2. The molecule has 1 N–H and O–H groups in total. The van der Waals surface area contributed by atoms with Gasteiger partial charge in [0.05, 0.1) is 4.90 Å². The maximum absolute atomic E-state index is 10.7. The van der Waals surface area contributed by atoms with E-state index in [9.17, 15) is 18.0 Å². The van der Waals surface area contributed by atoms with E-state index in [1.54, 1.807) is 0 Å². The van der Waals surface area contributed by atoms with Gasteiger partial charge in [-0.15, -0.1) is 0 Å². The van der Waals surface area contributed by atoms with Gasteiger partial charge in [0.1, 0.15) is 0 Å². The number of rotatable bonds is 3. The second kappa shape index (κ2) is 5.53. The van der Waals surface area contributed by atoms with Gasteiger partial charge in [0.15, 0.2) is 12.6 Å². The third-order valence-electron chi connectivity index (χ3n) is 1.61. The zero-order valence-electron chi connectivity index (χ0n) is 6.88. The van der Waals surface area contributed by atoms with E-state index in [4.69, 9.17) is 4.55 Å². The van der Waals surface area contributed by atoms with E-state index in [1.165, 1.54) is 0 Å². The van der Waals surface area contributed by atoms with Crippen LogP contribution in [0.5, 0.6) is 0 Å². The fraction of sp³-hybridized carbons (Fsp3) is 0. The fourth-order valence-corrected chi connectivity index (χ4v) is 1.44. The van der Waals surface area contributed by atoms with Crippen LogP contribution in [0.3, 0.4) is 0 Å². The minimum atomic E-state index is -4.34. The summed E-state index contributed by atoms with van der Waals surface area (Å²) in [7, 11) is -4.34. The molecule has 5 nitrogen and oxygen atoms in total. The molecule has 0 saturated heterocycles. The Morgan fingerprint density at radius 2 is 1.60 bits per heavy atom. The van der Waals surface area contributed by atoms with Gasteiger partial charge in [-0.25, -0.2) is 0 Å². The van der Waals surface area contributed by atoms with Crippen molar-refractivity contribution in [3.8, 4) is 0 Å². The van der Waals surface area contributed by atoms with Gasteiger partial charge >= 0.3 is 29.6 Å². The summed E-state index contributed by atoms with van der Waals surface area (Å²) in [6, 6.07) is 3.14. The molecule has 1 aromatic rings. The molecule has 76 valence electrons. The molecule has 7 heteroatoms. The summed E-state index contributed by atoms with van der Waals surface area (Å²) in [5, 5.41) is 0. The zero-order chi connectivity index (χ0) is 10.8. The van der Waals surface area contributed by atoms with E-state index in [2.05, 4.69) is 0 Å². The Balaban J connectivity index is 0.00000196. The molecule has 15 heavy (non-hydrogen) atoms. The number of hydrogen-bond acceptors (Lipinski definition) is 4. The van der Waals surface area contributed by atoms with Gasteiger partial charge in [-0.3, -0.25) is 14.1 Å². The first-order chi connectivity index (χ1) is 6.49. The fourth-order valence-electron chi connectivity index (χ4n) is 0.923. The summed E-state index contributed by atoms with van der Waals surface area (Å²) < 4.78 is 29.9. The van der Waals surface area contributed by atoms with Gasteiger partial charge in [0, 0.05) is 11.1 Å². The predicted octanol–water partition coefficient (Wildman–Crippen LogP) is -0.0902. The van der Waals surface area contributed by atoms with Crippen LogP contribution in [0.15, 0.2) is 23.1 Å². The third kappa shape index (κ3) is 3.51. The van der Waals surface area contributed by atoms with Gasteiger partial charge in [0.2, 0.25) is 0 Å². The molecular weight excluding hydrogens is 231 g/mol. The summed E-state index contributed by atoms with van der Waals surface area (Å²) in [6.45, 7) is 0. The van der Waals surface area contributed by atoms with Crippen molar-refractivity contribution in [3.05, 3.63) is 29.3 Å². The molecule has 0 aliphatic rings. The van der Waals surface area contributed by atoms with Crippen molar-refractivity contribution in [2.24, 2.45) is 0 Å². The van der Waals surface area contributed by atoms with Crippen molar-refractivity contribution in [1.82, 2.24) is 0 Å². The van der Waals surface area contributed by atoms with Crippen LogP contribution in [0.2, 0.25) is 0 Å². The van der Waals surface area contributed by atoms with Crippen molar-refractivity contribution in [3.63, 3.8) is 0 Å². The monoisotopic (exact) mass is 238 g/mol. The molecular formula is C8H7NaO5S. The molecule has 1 rings (SSSR count). The van der Waals surface area contributed by atoms with Crippen molar-refractivity contribution in [2.75, 3.05) is 0 Å². The van der Waals surface area contributed by atoms with Crippen molar-refractivity contribution in [1.29, 1.82) is 0 Å². The van der Waals surface area contributed by atoms with Crippen LogP contribution >= 0.6 is 0 Å². The van der Waals surface area contributed by atoms with Gasteiger partial charge in [0.25, 0.3) is 10.1 Å². The van der Waals surface area contributed by atoms with Gasteiger partial charge in [-0.2, -0.15) is 8.42 Å². The van der Waals surface area contributed by atoms with Crippen molar-refractivity contribution >= 4 is 52.2 Å². The molecule has 0 atom stereocenters. The third-order valence-corrected chi connectivity index (χ3v) is 2.46. The van der Waals surface area contributed by atoms with Crippen LogP contribution < -0.4 is 0 Å². The molecule has 0 unspecified atom stereocenters. The van der Waals surface area contributed by atoms with Crippen LogP contribution in [0.4, 0.5) is 0 Å². The first kappa shape index (κ1) is 14.5. The van der Waals surface area contributed by atoms with Crippen molar-refractivity contribution in [2.45, 2.75) is 4.90 Å². The Morgan fingerprint density at radius 3 is 2.00 bits per heavy atom. The molecule has 0 amide bonds. The average Bonchev–Trinajstić information content (AvgIpc) is 2.15. The molecule has 0 saturated carbocycles. The molecule has 0 spiro atoms. The number of hydrogen-bond donors (Lipinski definition) is 1. The van der Waals surface area contributed by atoms with Crippen LogP contribution in [-0.2, 0) is 10.1 Å². The van der Waals surface area contributed by atoms with E-state index >= 15 is 0 Å². The van der Waals surface area contributed by atoms with Crippen LogP contribution in [0.1, 0.15) is 20.7 Å². The Hall–Kier alpha value is -0.530. The quantitative estimate of drug-likeness (QED) is 0.451. The topological polar surface area (TPSA) is 88.5 Å². The van der Waals surface area contributed by atoms with Gasteiger partial charge in [-0.05, 0) is 18.2 Å². The van der Waals surface area contributed by atoms with E-state index in [0.717, 1.165) is 18.2 Å². The number of aldehydes is 2. The Morgan fingerprint density at radius 1 is 1.07 bits per heavy atom. The zero-order valence-corrected chi connectivity index (χ0v) is 7.69. The van der Waals surface area contributed by atoms with E-state index < -0.39 is 15.0 Å². The van der Waals surface area contributed by atoms with Crippen LogP contribution in [-0.4, -0.2) is 55.1 Å². The first-order valence-corrected chi connectivity index (χ1v) is 4.95. The predicted molar refractivity (Wildman–Crippen MR) is 54.2 cm³/mol. The van der Waals surface area contributed by atoms with Crippen LogP contribution in [0, 0.1) is 0 Å². The molecule has 0 fully saturated rings. The molecule has 1 aromatic carbocycles. The Labute approximate surface area is 109 Å². The summed E-state index contributed by atoms with van der Waals surface area (Å²) in [5.41, 5.74) is 0.00234. The van der Waals surface area contributed by atoms with Crippen molar-refractivity contribution < 1.29 is 22.6 Å². The molecule has 0 aliphatic carbocycles. The van der Waals surface area contributed by atoms with Gasteiger partial charge in [-0.1, -0.05) is 0 Å². The average molecular weight is 238 g/mol. The molecule has 0 aromatic heterocycles. The van der Waals surface area contributed by atoms with Crippen LogP contribution in [0.25, 0.3) is 0 Å². The van der Waals surface area contributed by atoms with E-state index in [0.29, 0.717) is 12.6 Å². The molecule has 0 heterocycles. The summed E-state index contributed by atoms with van der Waals surface area (Å²) in [5.74, 6) is 0. The number of carbonyl (C=O) groups excluding carboxylic acids is 2. The normalized spacial score (nSPS) is 10.2. The minimum absolute atomic E-state index is 0. The van der Waals surface area contributed by atoms with E-state index in [1.807, 2.05) is 0 Å². The Bertz CT molecular complexity index is 480. The summed E-state index contributed by atoms with van der Waals surface area (Å²) >= 11 is 0. The Kier molecular flexibility index (Phi) is 5.33. The molecule has 0 radical (unpaired) electrons. The second-order valence-corrected chi connectivity index (χ2v) is 3.92. The maximum atomic E-state index is 10.7. The summed E-state index contributed by atoms with van der Waals surface area (Å²) in [6.07, 6.45) is 0.774. The summed E-state index contributed by atoms with van der Waals surface area (Å²) in [4.78, 5) is 20.4. The second-order valence-electron chi connectivity index (χ2n) is 2.50. The molecule has 0 aliphatic heterocycles. The first-order valence-electron chi connectivity index (χ1n) is 3.51.